The van der Waals surface area contributed by atoms with Crippen molar-refractivity contribution in [2.45, 2.75) is 12.7 Å². The number of nitro groups is 1. The van der Waals surface area contributed by atoms with Crippen molar-refractivity contribution in [3.8, 4) is 17.2 Å². The first-order chi connectivity index (χ1) is 17.5. The Kier molecular flexibility index (Phi) is 6.27. The molecule has 1 aromatic heterocycles. The second-order valence-corrected chi connectivity index (χ2v) is 8.49. The van der Waals surface area contributed by atoms with Crippen LogP contribution in [0, 0.1) is 21.4 Å². The Morgan fingerprint density at radius 2 is 1.81 bits per heavy atom. The SMILES string of the molecule is Cn1cncc1C(OCc1ccc([N+](=O)[O-])cc1)c1ccc(C#N)c(-c2cccc3ccccc23)c1. The van der Waals surface area contributed by atoms with Gasteiger partial charge in [0.1, 0.15) is 6.10 Å². The smallest absolute Gasteiger partial charge is 0.269 e. The third kappa shape index (κ3) is 4.45. The minimum absolute atomic E-state index is 0.0359. The van der Waals surface area contributed by atoms with E-state index in [4.69, 9.17) is 4.74 Å². The molecule has 0 saturated heterocycles. The third-order valence-electron chi connectivity index (χ3n) is 6.23. The van der Waals surface area contributed by atoms with Gasteiger partial charge in [-0.15, -0.1) is 0 Å². The molecule has 0 aliphatic rings. The summed E-state index contributed by atoms with van der Waals surface area (Å²) >= 11 is 0. The van der Waals surface area contributed by atoms with E-state index in [9.17, 15) is 15.4 Å². The van der Waals surface area contributed by atoms with Crippen molar-refractivity contribution in [3.63, 3.8) is 0 Å². The number of imidazole rings is 1. The summed E-state index contributed by atoms with van der Waals surface area (Å²) in [5.74, 6) is 0. The van der Waals surface area contributed by atoms with Crippen molar-refractivity contribution < 1.29 is 9.66 Å². The Bertz CT molecular complexity index is 1590. The number of nitro benzene ring substituents is 1. The number of nitriles is 1. The number of rotatable bonds is 7. The minimum atomic E-state index is -0.464. The summed E-state index contributed by atoms with van der Waals surface area (Å²) < 4.78 is 8.28. The zero-order valence-corrected chi connectivity index (χ0v) is 19.5. The molecule has 0 saturated carbocycles. The lowest BCUT2D eigenvalue weighted by atomic mass is 9.92. The quantitative estimate of drug-likeness (QED) is 0.203. The van der Waals surface area contributed by atoms with Gasteiger partial charge in [-0.05, 0) is 51.7 Å². The van der Waals surface area contributed by atoms with Gasteiger partial charge in [0.25, 0.3) is 5.69 Å². The fourth-order valence-corrected chi connectivity index (χ4v) is 4.37. The molecule has 7 heteroatoms. The van der Waals surface area contributed by atoms with Crippen LogP contribution in [-0.2, 0) is 18.4 Å². The van der Waals surface area contributed by atoms with Gasteiger partial charge in [-0.25, -0.2) is 4.98 Å². The summed E-state index contributed by atoms with van der Waals surface area (Å²) in [6.07, 6.45) is 3.01. The monoisotopic (exact) mass is 474 g/mol. The fourth-order valence-electron chi connectivity index (χ4n) is 4.37. The standard InChI is InChI=1S/C29H22N4O3/c1-32-19-31-17-28(32)29(36-18-20-9-13-24(14-10-20)33(34)35)22-11-12-23(16-30)27(15-22)26-8-4-6-21-5-2-3-7-25(21)26/h2-15,17,19,29H,18H2,1H3. The predicted molar refractivity (Wildman–Crippen MR) is 137 cm³/mol. The molecule has 1 heterocycles. The van der Waals surface area contributed by atoms with E-state index in [1.807, 2.05) is 54.1 Å². The van der Waals surface area contributed by atoms with Crippen LogP contribution in [0.3, 0.4) is 0 Å². The van der Waals surface area contributed by atoms with E-state index in [1.165, 1.54) is 12.1 Å². The van der Waals surface area contributed by atoms with E-state index in [1.54, 1.807) is 24.7 Å². The molecular formula is C29H22N4O3. The lowest BCUT2D eigenvalue weighted by molar-refractivity contribution is -0.384. The zero-order valence-electron chi connectivity index (χ0n) is 19.5. The van der Waals surface area contributed by atoms with E-state index in [0.717, 1.165) is 38.7 Å². The van der Waals surface area contributed by atoms with E-state index in [-0.39, 0.29) is 12.3 Å². The first-order valence-corrected chi connectivity index (χ1v) is 11.4. The van der Waals surface area contributed by atoms with Crippen LogP contribution in [0.1, 0.15) is 28.5 Å². The topological polar surface area (TPSA) is 94.0 Å². The van der Waals surface area contributed by atoms with Gasteiger partial charge in [-0.2, -0.15) is 5.26 Å². The van der Waals surface area contributed by atoms with E-state index >= 15 is 0 Å². The highest BCUT2D eigenvalue weighted by atomic mass is 16.6. The molecule has 36 heavy (non-hydrogen) atoms. The summed E-state index contributed by atoms with van der Waals surface area (Å²) in [6, 6.07) is 28.6. The molecule has 7 nitrogen and oxygen atoms in total. The highest BCUT2D eigenvalue weighted by molar-refractivity contribution is 5.97. The van der Waals surface area contributed by atoms with Crippen molar-refractivity contribution in [3.05, 3.63) is 130 Å². The molecule has 0 amide bonds. The Morgan fingerprint density at radius 1 is 1.03 bits per heavy atom. The fraction of sp³-hybridized carbons (Fsp3) is 0.103. The maximum Gasteiger partial charge on any atom is 0.269 e. The Labute approximate surface area is 208 Å². The highest BCUT2D eigenvalue weighted by Crippen LogP contribution is 2.35. The lowest BCUT2D eigenvalue weighted by Gasteiger charge is -2.21. The molecule has 0 spiro atoms. The number of benzene rings is 4. The van der Waals surface area contributed by atoms with Crippen LogP contribution in [0.5, 0.6) is 0 Å². The number of hydrogen-bond acceptors (Lipinski definition) is 5. The Balaban J connectivity index is 1.56. The number of nitrogens with zero attached hydrogens (tertiary/aromatic N) is 4. The number of fused-ring (bicyclic) bond motifs is 1. The van der Waals surface area contributed by atoms with Crippen molar-refractivity contribution in [2.24, 2.45) is 7.05 Å². The molecule has 4 aromatic carbocycles. The summed E-state index contributed by atoms with van der Waals surface area (Å²) in [4.78, 5) is 14.8. The first kappa shape index (κ1) is 23.0. The molecule has 176 valence electrons. The van der Waals surface area contributed by atoms with Gasteiger partial charge in [0, 0.05) is 24.7 Å². The van der Waals surface area contributed by atoms with Crippen LogP contribution in [0.2, 0.25) is 0 Å². The van der Waals surface area contributed by atoms with Gasteiger partial charge in [-0.3, -0.25) is 10.1 Å². The molecule has 0 radical (unpaired) electrons. The molecule has 0 bridgehead atoms. The number of non-ortho nitro benzene ring substituents is 1. The largest absolute Gasteiger partial charge is 0.363 e. The van der Waals surface area contributed by atoms with Crippen LogP contribution in [0.4, 0.5) is 5.69 Å². The van der Waals surface area contributed by atoms with Gasteiger partial charge >= 0.3 is 0 Å². The number of hydrogen-bond donors (Lipinski definition) is 0. The molecule has 1 unspecified atom stereocenters. The molecular weight excluding hydrogens is 452 g/mol. The van der Waals surface area contributed by atoms with Crippen molar-refractivity contribution in [1.29, 1.82) is 5.26 Å². The van der Waals surface area contributed by atoms with Crippen LogP contribution < -0.4 is 0 Å². The van der Waals surface area contributed by atoms with Gasteiger partial charge in [0.05, 0.1) is 41.4 Å². The molecule has 0 fully saturated rings. The van der Waals surface area contributed by atoms with Crippen LogP contribution in [0.25, 0.3) is 21.9 Å². The lowest BCUT2D eigenvalue weighted by Crippen LogP contribution is -2.11. The zero-order chi connectivity index (χ0) is 25.1. The van der Waals surface area contributed by atoms with E-state index in [2.05, 4.69) is 29.3 Å². The number of ether oxygens (including phenoxy) is 1. The maximum absolute atomic E-state index is 11.0. The molecule has 1 atom stereocenters. The second-order valence-electron chi connectivity index (χ2n) is 8.49. The van der Waals surface area contributed by atoms with Crippen molar-refractivity contribution in [2.75, 3.05) is 0 Å². The molecule has 0 N–H and O–H groups in total. The predicted octanol–water partition coefficient (Wildman–Crippen LogP) is 6.33. The second kappa shape index (κ2) is 9.82. The van der Waals surface area contributed by atoms with Crippen molar-refractivity contribution in [1.82, 2.24) is 9.55 Å². The van der Waals surface area contributed by atoms with Gasteiger partial charge in [-0.1, -0.05) is 48.5 Å². The average Bonchev–Trinajstić information content (AvgIpc) is 3.34. The summed E-state index contributed by atoms with van der Waals surface area (Å²) in [6.45, 7) is 0.247. The normalized spacial score (nSPS) is 11.8. The van der Waals surface area contributed by atoms with Crippen LogP contribution in [-0.4, -0.2) is 14.5 Å². The first-order valence-electron chi connectivity index (χ1n) is 11.4. The maximum atomic E-state index is 11.0. The summed E-state index contributed by atoms with van der Waals surface area (Å²) in [5.41, 5.74) is 4.97. The van der Waals surface area contributed by atoms with Gasteiger partial charge in [0.2, 0.25) is 0 Å². The van der Waals surface area contributed by atoms with Gasteiger partial charge < -0.3 is 9.30 Å². The highest BCUT2D eigenvalue weighted by Gasteiger charge is 2.21. The number of aryl methyl sites for hydroxylation is 1. The molecule has 0 aliphatic carbocycles. The number of aromatic nitrogens is 2. The van der Waals surface area contributed by atoms with E-state index < -0.39 is 11.0 Å². The summed E-state index contributed by atoms with van der Waals surface area (Å²) in [7, 11) is 1.90. The Morgan fingerprint density at radius 3 is 2.53 bits per heavy atom. The third-order valence-corrected chi connectivity index (χ3v) is 6.23. The van der Waals surface area contributed by atoms with E-state index in [0.29, 0.717) is 5.56 Å². The van der Waals surface area contributed by atoms with Crippen molar-refractivity contribution >= 4 is 16.5 Å². The molecule has 5 aromatic rings. The minimum Gasteiger partial charge on any atom is -0.363 e. The average molecular weight is 475 g/mol. The molecule has 0 aliphatic heterocycles. The van der Waals surface area contributed by atoms with Crippen LogP contribution in [0.15, 0.2) is 97.5 Å². The Hall–Kier alpha value is -4.80. The summed E-state index contributed by atoms with van der Waals surface area (Å²) in [5, 5.41) is 23.0. The van der Waals surface area contributed by atoms with Crippen LogP contribution >= 0.6 is 0 Å². The van der Waals surface area contributed by atoms with Gasteiger partial charge in [0.15, 0.2) is 0 Å². The molecule has 5 rings (SSSR count).